The molecule has 1 aromatic carbocycles. The van der Waals surface area contributed by atoms with Crippen LogP contribution in [0.25, 0.3) is 0 Å². The van der Waals surface area contributed by atoms with Gasteiger partial charge in [-0.15, -0.1) is 0 Å². The van der Waals surface area contributed by atoms with Crippen molar-refractivity contribution in [2.75, 3.05) is 32.2 Å². The van der Waals surface area contributed by atoms with Gasteiger partial charge in [0.05, 0.1) is 25.3 Å². The van der Waals surface area contributed by atoms with E-state index in [0.29, 0.717) is 23.1 Å². The van der Waals surface area contributed by atoms with Gasteiger partial charge in [0.25, 0.3) is 0 Å². The topological polar surface area (TPSA) is 88.1 Å². The van der Waals surface area contributed by atoms with Crippen LogP contribution < -0.4 is 10.1 Å². The smallest absolute Gasteiger partial charge is 0.328 e. The number of carbonyl (C=O) groups excluding carboxylic acids is 1. The summed E-state index contributed by atoms with van der Waals surface area (Å²) in [6.45, 7) is 0.501. The fourth-order valence-electron chi connectivity index (χ4n) is 1.98. The number of carboxylic acids is 1. The number of anilines is 1. The minimum absolute atomic E-state index is 0.0211. The number of aliphatic carboxylic acids is 1. The van der Waals surface area contributed by atoms with Crippen molar-refractivity contribution in [3.05, 3.63) is 23.2 Å². The van der Waals surface area contributed by atoms with Gasteiger partial charge in [0.1, 0.15) is 5.75 Å². The van der Waals surface area contributed by atoms with Gasteiger partial charge in [-0.3, -0.25) is 0 Å². The van der Waals surface area contributed by atoms with Crippen LogP contribution in [0.2, 0.25) is 5.02 Å². The van der Waals surface area contributed by atoms with Crippen LogP contribution in [0, 0.1) is 0 Å². The van der Waals surface area contributed by atoms with Crippen LogP contribution in [-0.4, -0.2) is 54.9 Å². The zero-order valence-electron chi connectivity index (χ0n) is 11.3. The number of benzene rings is 1. The molecule has 114 valence electrons. The first-order chi connectivity index (χ1) is 10.0. The summed E-state index contributed by atoms with van der Waals surface area (Å²) in [7, 11) is 1.47. The van der Waals surface area contributed by atoms with E-state index in [2.05, 4.69) is 5.32 Å². The summed E-state index contributed by atoms with van der Waals surface area (Å²) in [4.78, 5) is 24.5. The second kappa shape index (κ2) is 6.64. The first-order valence-electron chi connectivity index (χ1n) is 6.24. The highest BCUT2D eigenvalue weighted by Gasteiger charge is 2.32. The monoisotopic (exact) mass is 314 g/mol. The number of urea groups is 1. The molecule has 0 aromatic heterocycles. The Morgan fingerprint density at radius 3 is 2.95 bits per heavy atom. The van der Waals surface area contributed by atoms with E-state index >= 15 is 0 Å². The highest BCUT2D eigenvalue weighted by molar-refractivity contribution is 6.32. The summed E-state index contributed by atoms with van der Waals surface area (Å²) < 4.78 is 10.1. The highest BCUT2D eigenvalue weighted by atomic mass is 35.5. The third-order valence-electron chi connectivity index (χ3n) is 3.08. The van der Waals surface area contributed by atoms with E-state index in [1.54, 1.807) is 18.2 Å². The third-order valence-corrected chi connectivity index (χ3v) is 3.39. The van der Waals surface area contributed by atoms with Crippen molar-refractivity contribution in [2.24, 2.45) is 0 Å². The maximum atomic E-state index is 12.2. The number of halogens is 1. The molecule has 2 N–H and O–H groups in total. The van der Waals surface area contributed by atoms with Crippen LogP contribution in [0.3, 0.4) is 0 Å². The van der Waals surface area contributed by atoms with E-state index < -0.39 is 18.0 Å². The van der Waals surface area contributed by atoms with E-state index in [1.165, 1.54) is 12.0 Å². The van der Waals surface area contributed by atoms with Gasteiger partial charge in [-0.05, 0) is 12.1 Å². The Morgan fingerprint density at radius 1 is 1.52 bits per heavy atom. The Bertz CT molecular complexity index is 551. The van der Waals surface area contributed by atoms with Crippen molar-refractivity contribution < 1.29 is 24.2 Å². The molecule has 1 unspecified atom stereocenters. The largest absolute Gasteiger partial charge is 0.495 e. The highest BCUT2D eigenvalue weighted by Crippen LogP contribution is 2.27. The number of morpholine rings is 1. The number of hydrogen-bond donors (Lipinski definition) is 2. The fraction of sp³-hybridized carbons (Fsp3) is 0.385. The molecule has 2 rings (SSSR count). The molecular weight excluding hydrogens is 300 g/mol. The van der Waals surface area contributed by atoms with Crippen LogP contribution in [0.5, 0.6) is 5.75 Å². The lowest BCUT2D eigenvalue weighted by atomic mass is 10.2. The van der Waals surface area contributed by atoms with Crippen molar-refractivity contribution in [3.63, 3.8) is 0 Å². The molecule has 1 fully saturated rings. The lowest BCUT2D eigenvalue weighted by Gasteiger charge is -2.32. The molecule has 8 heteroatoms. The van der Waals surface area contributed by atoms with Crippen molar-refractivity contribution in [1.29, 1.82) is 0 Å². The summed E-state index contributed by atoms with van der Waals surface area (Å²) in [5.74, 6) is -0.676. The number of methoxy groups -OCH3 is 1. The second-order valence-electron chi connectivity index (χ2n) is 4.40. The maximum absolute atomic E-state index is 12.2. The SMILES string of the molecule is COc1cc(NC(=O)N2CCOCC2C(=O)O)ccc1Cl. The second-order valence-corrected chi connectivity index (χ2v) is 4.81. The Balaban J connectivity index is 2.11. The molecule has 1 aliphatic rings. The van der Waals surface area contributed by atoms with E-state index in [4.69, 9.17) is 26.2 Å². The van der Waals surface area contributed by atoms with Gasteiger partial charge < -0.3 is 24.8 Å². The van der Waals surface area contributed by atoms with Gasteiger partial charge in [0, 0.05) is 18.3 Å². The zero-order chi connectivity index (χ0) is 15.4. The van der Waals surface area contributed by atoms with E-state index in [1.807, 2.05) is 0 Å². The summed E-state index contributed by atoms with van der Waals surface area (Å²) in [5.41, 5.74) is 0.469. The van der Waals surface area contributed by atoms with Crippen molar-refractivity contribution in [1.82, 2.24) is 4.90 Å². The fourth-order valence-corrected chi connectivity index (χ4v) is 2.18. The molecule has 1 saturated heterocycles. The average molecular weight is 315 g/mol. The Labute approximate surface area is 126 Å². The maximum Gasteiger partial charge on any atom is 0.328 e. The molecule has 0 aliphatic carbocycles. The standard InChI is InChI=1S/C13H15ClN2O5/c1-20-11-6-8(2-3-9(11)14)15-13(19)16-4-5-21-7-10(16)12(17)18/h2-3,6,10H,4-5,7H2,1H3,(H,15,19)(H,17,18). The van der Waals surface area contributed by atoms with E-state index in [0.717, 1.165) is 0 Å². The lowest BCUT2D eigenvalue weighted by Crippen LogP contribution is -2.53. The van der Waals surface area contributed by atoms with Crippen molar-refractivity contribution in [2.45, 2.75) is 6.04 Å². The molecule has 0 spiro atoms. The van der Waals surface area contributed by atoms with E-state index in [9.17, 15) is 9.59 Å². The van der Waals surface area contributed by atoms with Crippen LogP contribution in [0.15, 0.2) is 18.2 Å². The molecule has 1 atom stereocenters. The van der Waals surface area contributed by atoms with Crippen molar-refractivity contribution >= 4 is 29.3 Å². The normalized spacial score (nSPS) is 18.2. The Hall–Kier alpha value is -1.99. The molecule has 1 heterocycles. The first kappa shape index (κ1) is 15.4. The number of carbonyl (C=O) groups is 2. The lowest BCUT2D eigenvalue weighted by molar-refractivity contribution is -0.147. The summed E-state index contributed by atoms with van der Waals surface area (Å²) >= 11 is 5.90. The average Bonchev–Trinajstić information content (AvgIpc) is 2.49. The molecule has 2 amide bonds. The first-order valence-corrected chi connectivity index (χ1v) is 6.62. The summed E-state index contributed by atoms with van der Waals surface area (Å²) in [6.07, 6.45) is 0. The Morgan fingerprint density at radius 2 is 2.29 bits per heavy atom. The van der Waals surface area contributed by atoms with Gasteiger partial charge in [0.15, 0.2) is 6.04 Å². The minimum atomic E-state index is -1.10. The number of ether oxygens (including phenoxy) is 2. The van der Waals surface area contributed by atoms with Crippen molar-refractivity contribution in [3.8, 4) is 5.75 Å². The molecule has 7 nitrogen and oxygen atoms in total. The molecule has 0 radical (unpaired) electrons. The van der Waals surface area contributed by atoms with Crippen LogP contribution >= 0.6 is 11.6 Å². The summed E-state index contributed by atoms with van der Waals surface area (Å²) in [5, 5.41) is 12.2. The predicted octanol–water partition coefficient (Wildman–Crippen LogP) is 1.67. The molecular formula is C13H15ClN2O5. The van der Waals surface area contributed by atoms with Crippen LogP contribution in [0.4, 0.5) is 10.5 Å². The molecule has 0 saturated carbocycles. The minimum Gasteiger partial charge on any atom is -0.495 e. The summed E-state index contributed by atoms with van der Waals surface area (Å²) in [6, 6.07) is 3.27. The van der Waals surface area contributed by atoms with Gasteiger partial charge >= 0.3 is 12.0 Å². The molecule has 0 bridgehead atoms. The van der Waals surface area contributed by atoms with Crippen LogP contribution in [-0.2, 0) is 9.53 Å². The number of rotatable bonds is 3. The number of carboxylic acid groups (broad SMARTS) is 1. The number of hydrogen-bond acceptors (Lipinski definition) is 4. The van der Waals surface area contributed by atoms with Gasteiger partial charge in [-0.1, -0.05) is 11.6 Å². The number of amides is 2. The Kier molecular flexibility index (Phi) is 4.87. The molecule has 1 aromatic rings. The number of nitrogens with one attached hydrogen (secondary N) is 1. The van der Waals surface area contributed by atoms with Gasteiger partial charge in [-0.2, -0.15) is 0 Å². The third kappa shape index (κ3) is 3.56. The number of nitrogens with zero attached hydrogens (tertiary/aromatic N) is 1. The van der Waals surface area contributed by atoms with Gasteiger partial charge in [-0.25, -0.2) is 9.59 Å². The molecule has 1 aliphatic heterocycles. The molecule has 21 heavy (non-hydrogen) atoms. The predicted molar refractivity (Wildman–Crippen MR) is 76.0 cm³/mol. The van der Waals surface area contributed by atoms with E-state index in [-0.39, 0.29) is 13.2 Å². The van der Waals surface area contributed by atoms with Gasteiger partial charge in [0.2, 0.25) is 0 Å². The zero-order valence-corrected chi connectivity index (χ0v) is 12.1. The van der Waals surface area contributed by atoms with Crippen LogP contribution in [0.1, 0.15) is 0 Å². The quantitative estimate of drug-likeness (QED) is 0.886.